The lowest BCUT2D eigenvalue weighted by molar-refractivity contribution is -0.127. The topological polar surface area (TPSA) is 49.6 Å². The largest absolute Gasteiger partial charge is 0.362 e. The van der Waals surface area contributed by atoms with Crippen molar-refractivity contribution < 1.29 is 4.79 Å². The molecule has 1 heterocycles. The molecule has 1 saturated heterocycles. The molecule has 4 nitrogen and oxygen atoms in total. The molecule has 1 fully saturated rings. The number of rotatable bonds is 2. The summed E-state index contributed by atoms with van der Waals surface area (Å²) in [5.74, 6) is 0.162. The van der Waals surface area contributed by atoms with Crippen LogP contribution in [0.2, 0.25) is 0 Å². The van der Waals surface area contributed by atoms with Gasteiger partial charge in [-0.1, -0.05) is 22.0 Å². The Morgan fingerprint density at radius 3 is 2.89 bits per heavy atom. The molecule has 0 atom stereocenters. The van der Waals surface area contributed by atoms with Gasteiger partial charge in [0.1, 0.15) is 0 Å². The van der Waals surface area contributed by atoms with E-state index >= 15 is 0 Å². The number of nitrogens with zero attached hydrogens (tertiary/aromatic N) is 2. The van der Waals surface area contributed by atoms with E-state index < -0.39 is 0 Å². The Balaban J connectivity index is 2.30. The van der Waals surface area contributed by atoms with Crippen molar-refractivity contribution >= 4 is 27.5 Å². The molecular formula is C13H18BrN3O. The van der Waals surface area contributed by atoms with Crippen molar-refractivity contribution in [3.63, 3.8) is 0 Å². The fourth-order valence-electron chi connectivity index (χ4n) is 2.24. The van der Waals surface area contributed by atoms with E-state index in [2.05, 4.69) is 20.8 Å². The highest BCUT2D eigenvalue weighted by Crippen LogP contribution is 2.28. The Kier molecular flexibility index (Phi) is 4.24. The summed E-state index contributed by atoms with van der Waals surface area (Å²) in [7, 11) is 1.86. The van der Waals surface area contributed by atoms with Gasteiger partial charge in [0, 0.05) is 42.4 Å². The fraction of sp³-hybridized carbons (Fsp3) is 0.462. The smallest absolute Gasteiger partial charge is 0.241 e. The van der Waals surface area contributed by atoms with Gasteiger partial charge in [-0.2, -0.15) is 0 Å². The van der Waals surface area contributed by atoms with Gasteiger partial charge in [-0.25, -0.2) is 0 Å². The molecule has 1 amide bonds. The molecule has 0 unspecified atom stereocenters. The lowest BCUT2D eigenvalue weighted by Gasteiger charge is -2.25. The number of benzene rings is 1. The van der Waals surface area contributed by atoms with Crippen molar-refractivity contribution in [1.29, 1.82) is 0 Å². The lowest BCUT2D eigenvalue weighted by Crippen LogP contribution is -2.34. The molecule has 0 bridgehead atoms. The zero-order chi connectivity index (χ0) is 13.1. The van der Waals surface area contributed by atoms with Gasteiger partial charge in [-0.3, -0.25) is 4.79 Å². The predicted molar refractivity (Wildman–Crippen MR) is 76.5 cm³/mol. The third-order valence-corrected chi connectivity index (χ3v) is 4.06. The number of nitrogens with two attached hydrogens (primary N) is 1. The minimum absolute atomic E-state index is 0.162. The summed E-state index contributed by atoms with van der Waals surface area (Å²) >= 11 is 3.52. The van der Waals surface area contributed by atoms with E-state index in [4.69, 9.17) is 5.73 Å². The minimum atomic E-state index is 0.162. The Morgan fingerprint density at radius 1 is 1.39 bits per heavy atom. The van der Waals surface area contributed by atoms with Crippen LogP contribution in [0, 0.1) is 0 Å². The molecular weight excluding hydrogens is 294 g/mol. The summed E-state index contributed by atoms with van der Waals surface area (Å²) < 4.78 is 1.01. The number of carbonyl (C=O) groups is 1. The number of halogens is 1. The molecule has 2 N–H and O–H groups in total. The van der Waals surface area contributed by atoms with E-state index in [1.54, 1.807) is 4.90 Å². The number of amides is 1. The van der Waals surface area contributed by atoms with Crippen LogP contribution >= 0.6 is 15.9 Å². The van der Waals surface area contributed by atoms with Crippen molar-refractivity contribution in [1.82, 2.24) is 4.90 Å². The maximum absolute atomic E-state index is 11.9. The van der Waals surface area contributed by atoms with Crippen molar-refractivity contribution in [2.45, 2.75) is 13.0 Å². The Hall–Kier alpha value is -1.07. The second-order valence-corrected chi connectivity index (χ2v) is 5.39. The summed E-state index contributed by atoms with van der Waals surface area (Å²) in [4.78, 5) is 15.8. The average Bonchev–Trinajstić information content (AvgIpc) is 2.52. The average molecular weight is 312 g/mol. The zero-order valence-corrected chi connectivity index (χ0v) is 12.1. The monoisotopic (exact) mass is 311 g/mol. The van der Waals surface area contributed by atoms with Gasteiger partial charge in [0.2, 0.25) is 5.91 Å². The summed E-state index contributed by atoms with van der Waals surface area (Å²) in [6.45, 7) is 2.61. The Labute approximate surface area is 116 Å². The number of hydrogen-bond acceptors (Lipinski definition) is 3. The first-order valence-corrected chi connectivity index (χ1v) is 6.89. The van der Waals surface area contributed by atoms with Crippen LogP contribution in [0.4, 0.5) is 5.69 Å². The van der Waals surface area contributed by atoms with Crippen LogP contribution in [0.3, 0.4) is 0 Å². The number of likely N-dealkylation sites (N-methyl/N-ethyl adjacent to an activating group) is 1. The van der Waals surface area contributed by atoms with Crippen LogP contribution in [0.1, 0.15) is 12.0 Å². The number of carbonyl (C=O) groups excluding carboxylic acids is 1. The second kappa shape index (κ2) is 5.71. The molecule has 0 spiro atoms. The highest BCUT2D eigenvalue weighted by molar-refractivity contribution is 9.10. The summed E-state index contributed by atoms with van der Waals surface area (Å²) in [6, 6.07) is 6.00. The molecule has 1 aliphatic heterocycles. The van der Waals surface area contributed by atoms with Crippen molar-refractivity contribution in [2.75, 3.05) is 31.6 Å². The molecule has 0 aromatic heterocycles. The zero-order valence-electron chi connectivity index (χ0n) is 10.5. The van der Waals surface area contributed by atoms with Crippen molar-refractivity contribution in [3.05, 3.63) is 28.2 Å². The van der Waals surface area contributed by atoms with Crippen LogP contribution in [0.25, 0.3) is 0 Å². The summed E-state index contributed by atoms with van der Waals surface area (Å²) in [6.07, 6.45) is 0.985. The highest BCUT2D eigenvalue weighted by atomic mass is 79.9. The van der Waals surface area contributed by atoms with E-state index in [0.717, 1.165) is 35.2 Å². The molecule has 0 radical (unpaired) electrons. The standard InChI is InChI=1S/C13H18BrN3O/c1-16-6-3-7-17(9-13(16)18)12-5-2-4-11(14)10(12)8-15/h2,4-5H,3,6-9,15H2,1H3. The molecule has 0 aliphatic carbocycles. The molecule has 2 rings (SSSR count). The first-order chi connectivity index (χ1) is 8.63. The maximum Gasteiger partial charge on any atom is 0.241 e. The molecule has 1 aromatic carbocycles. The molecule has 1 aromatic rings. The quantitative estimate of drug-likeness (QED) is 0.902. The fourth-order valence-corrected chi connectivity index (χ4v) is 2.76. The van der Waals surface area contributed by atoms with E-state index in [0.29, 0.717) is 13.1 Å². The molecule has 98 valence electrons. The first kappa shape index (κ1) is 13.4. The molecule has 1 aliphatic rings. The van der Waals surface area contributed by atoms with Crippen LogP contribution in [0.5, 0.6) is 0 Å². The normalized spacial score (nSPS) is 16.9. The van der Waals surface area contributed by atoms with Crippen molar-refractivity contribution in [3.8, 4) is 0 Å². The van der Waals surface area contributed by atoms with Gasteiger partial charge in [-0.05, 0) is 18.6 Å². The van der Waals surface area contributed by atoms with Crippen molar-refractivity contribution in [2.24, 2.45) is 5.73 Å². The minimum Gasteiger partial charge on any atom is -0.362 e. The van der Waals surface area contributed by atoms with E-state index in [-0.39, 0.29) is 5.91 Å². The van der Waals surface area contributed by atoms with Gasteiger partial charge in [0.15, 0.2) is 0 Å². The van der Waals surface area contributed by atoms with Gasteiger partial charge in [0.25, 0.3) is 0 Å². The van der Waals surface area contributed by atoms with Gasteiger partial charge >= 0.3 is 0 Å². The van der Waals surface area contributed by atoms with Crippen LogP contribution < -0.4 is 10.6 Å². The van der Waals surface area contributed by atoms with E-state index in [9.17, 15) is 4.79 Å². The first-order valence-electron chi connectivity index (χ1n) is 6.10. The molecule has 18 heavy (non-hydrogen) atoms. The second-order valence-electron chi connectivity index (χ2n) is 4.53. The van der Waals surface area contributed by atoms with E-state index in [1.165, 1.54) is 0 Å². The SMILES string of the molecule is CN1CCCN(c2cccc(Br)c2CN)CC1=O. The molecule has 5 heteroatoms. The summed E-state index contributed by atoms with van der Waals surface area (Å²) in [5.41, 5.74) is 7.94. The Morgan fingerprint density at radius 2 is 2.17 bits per heavy atom. The third-order valence-electron chi connectivity index (χ3n) is 3.31. The van der Waals surface area contributed by atoms with Gasteiger partial charge in [-0.15, -0.1) is 0 Å². The van der Waals surface area contributed by atoms with E-state index in [1.807, 2.05) is 25.2 Å². The Bertz CT molecular complexity index is 450. The lowest BCUT2D eigenvalue weighted by atomic mass is 10.1. The number of hydrogen-bond donors (Lipinski definition) is 1. The predicted octanol–water partition coefficient (Wildman–Crippen LogP) is 1.58. The molecule has 0 saturated carbocycles. The van der Waals surface area contributed by atoms with Crippen LogP contribution in [0.15, 0.2) is 22.7 Å². The van der Waals surface area contributed by atoms with Gasteiger partial charge < -0.3 is 15.5 Å². The summed E-state index contributed by atoms with van der Waals surface area (Å²) in [5, 5.41) is 0. The van der Waals surface area contributed by atoms with Gasteiger partial charge in [0.05, 0.1) is 6.54 Å². The van der Waals surface area contributed by atoms with Crippen LogP contribution in [-0.2, 0) is 11.3 Å². The third kappa shape index (κ3) is 2.67. The van der Waals surface area contributed by atoms with Crippen LogP contribution in [-0.4, -0.2) is 37.5 Å². The maximum atomic E-state index is 11.9. The number of anilines is 1. The highest BCUT2D eigenvalue weighted by Gasteiger charge is 2.21.